The Bertz CT molecular complexity index is 812. The van der Waals surface area contributed by atoms with Crippen LogP contribution < -0.4 is 0 Å². The van der Waals surface area contributed by atoms with Crippen molar-refractivity contribution in [3.63, 3.8) is 0 Å². The molecule has 6 nitrogen and oxygen atoms in total. The first kappa shape index (κ1) is 19.8. The van der Waals surface area contributed by atoms with Gasteiger partial charge in [0.2, 0.25) is 0 Å². The van der Waals surface area contributed by atoms with Crippen LogP contribution in [0.3, 0.4) is 0 Å². The van der Waals surface area contributed by atoms with Crippen molar-refractivity contribution in [2.75, 3.05) is 26.2 Å². The minimum Gasteiger partial charge on any atom is -0.449 e. The number of rotatable bonds is 6. The number of piperazine rings is 1. The van der Waals surface area contributed by atoms with Crippen LogP contribution in [0.15, 0.2) is 54.6 Å². The van der Waals surface area contributed by atoms with Crippen molar-refractivity contribution in [1.29, 1.82) is 0 Å². The first-order valence-electron chi connectivity index (χ1n) is 9.38. The van der Waals surface area contributed by atoms with Crippen molar-refractivity contribution in [2.24, 2.45) is 0 Å². The molecule has 1 heterocycles. The molecule has 1 atom stereocenters. The van der Waals surface area contributed by atoms with Crippen molar-refractivity contribution < 1.29 is 19.1 Å². The van der Waals surface area contributed by atoms with Crippen LogP contribution in [0.4, 0.5) is 0 Å². The number of aldehydes is 1. The van der Waals surface area contributed by atoms with Crippen LogP contribution in [0.5, 0.6) is 0 Å². The van der Waals surface area contributed by atoms with E-state index in [9.17, 15) is 14.4 Å². The van der Waals surface area contributed by atoms with E-state index in [0.717, 1.165) is 19.6 Å². The molecule has 0 aromatic heterocycles. The van der Waals surface area contributed by atoms with Crippen LogP contribution >= 0.6 is 0 Å². The van der Waals surface area contributed by atoms with Gasteiger partial charge < -0.3 is 9.64 Å². The number of hydrogen-bond donors (Lipinski definition) is 0. The maximum absolute atomic E-state index is 12.6. The Morgan fingerprint density at radius 2 is 1.64 bits per heavy atom. The second kappa shape index (κ2) is 9.28. The fraction of sp³-hybridized carbons (Fsp3) is 0.318. The molecule has 1 aliphatic heterocycles. The van der Waals surface area contributed by atoms with Gasteiger partial charge in [0.15, 0.2) is 6.10 Å². The van der Waals surface area contributed by atoms with E-state index in [4.69, 9.17) is 4.74 Å². The van der Waals surface area contributed by atoms with Crippen molar-refractivity contribution in [1.82, 2.24) is 9.80 Å². The third kappa shape index (κ3) is 5.04. The summed E-state index contributed by atoms with van der Waals surface area (Å²) in [7, 11) is 0. The van der Waals surface area contributed by atoms with Gasteiger partial charge in [0.05, 0.1) is 5.56 Å². The highest BCUT2D eigenvalue weighted by Crippen LogP contribution is 2.12. The number of hydrogen-bond acceptors (Lipinski definition) is 5. The van der Waals surface area contributed by atoms with E-state index < -0.39 is 12.1 Å². The Morgan fingerprint density at radius 3 is 2.25 bits per heavy atom. The minimum atomic E-state index is -0.848. The summed E-state index contributed by atoms with van der Waals surface area (Å²) in [6.07, 6.45) is -0.141. The summed E-state index contributed by atoms with van der Waals surface area (Å²) in [6, 6.07) is 16.4. The third-order valence-electron chi connectivity index (χ3n) is 4.85. The number of carbonyl (C=O) groups excluding carboxylic acids is 3. The molecule has 0 unspecified atom stereocenters. The summed E-state index contributed by atoms with van der Waals surface area (Å²) in [5.41, 5.74) is 2.05. The lowest BCUT2D eigenvalue weighted by molar-refractivity contribution is -0.141. The normalized spacial score (nSPS) is 15.7. The molecule has 1 aliphatic rings. The number of benzene rings is 2. The number of esters is 1. The van der Waals surface area contributed by atoms with Gasteiger partial charge in [-0.05, 0) is 24.6 Å². The van der Waals surface area contributed by atoms with E-state index in [1.165, 1.54) is 17.7 Å². The van der Waals surface area contributed by atoms with Crippen LogP contribution in [0, 0.1) is 0 Å². The Kier molecular flexibility index (Phi) is 6.55. The van der Waals surface area contributed by atoms with Gasteiger partial charge in [-0.3, -0.25) is 14.5 Å². The van der Waals surface area contributed by atoms with Crippen molar-refractivity contribution >= 4 is 18.2 Å². The van der Waals surface area contributed by atoms with Crippen LogP contribution in [-0.2, 0) is 16.1 Å². The largest absolute Gasteiger partial charge is 0.449 e. The molecular weight excluding hydrogens is 356 g/mol. The molecule has 3 rings (SSSR count). The Labute approximate surface area is 164 Å². The predicted octanol–water partition coefficient (Wildman–Crippen LogP) is 2.39. The zero-order valence-electron chi connectivity index (χ0n) is 15.9. The topological polar surface area (TPSA) is 66.9 Å². The van der Waals surface area contributed by atoms with Crippen LogP contribution in [0.2, 0.25) is 0 Å². The quantitative estimate of drug-likeness (QED) is 0.569. The molecule has 0 N–H and O–H groups in total. The van der Waals surface area contributed by atoms with Gasteiger partial charge in [-0.2, -0.15) is 0 Å². The van der Waals surface area contributed by atoms with Gasteiger partial charge in [-0.1, -0.05) is 42.5 Å². The summed E-state index contributed by atoms with van der Waals surface area (Å²) in [4.78, 5) is 39.6. The van der Waals surface area contributed by atoms with E-state index in [2.05, 4.69) is 17.0 Å². The zero-order chi connectivity index (χ0) is 19.9. The predicted molar refractivity (Wildman–Crippen MR) is 105 cm³/mol. The summed E-state index contributed by atoms with van der Waals surface area (Å²) < 4.78 is 5.32. The highest BCUT2D eigenvalue weighted by atomic mass is 16.5. The number of ether oxygens (including phenoxy) is 1. The van der Waals surface area contributed by atoms with Crippen molar-refractivity contribution in [2.45, 2.75) is 19.6 Å². The van der Waals surface area contributed by atoms with E-state index >= 15 is 0 Å². The molecule has 28 heavy (non-hydrogen) atoms. The molecule has 2 aromatic carbocycles. The van der Waals surface area contributed by atoms with E-state index in [-0.39, 0.29) is 5.91 Å². The molecule has 0 aliphatic carbocycles. The van der Waals surface area contributed by atoms with Crippen LogP contribution in [-0.4, -0.2) is 60.2 Å². The molecule has 6 heteroatoms. The molecule has 1 amide bonds. The molecule has 0 bridgehead atoms. The maximum Gasteiger partial charge on any atom is 0.338 e. The SMILES string of the molecule is C[C@H](OC(=O)c1ccc(C=O)cc1)C(=O)N1CCN(Cc2ccccc2)CC1. The number of amides is 1. The first-order chi connectivity index (χ1) is 13.6. The van der Waals surface area contributed by atoms with Crippen molar-refractivity contribution in [3.8, 4) is 0 Å². The lowest BCUT2D eigenvalue weighted by atomic mass is 10.1. The first-order valence-corrected chi connectivity index (χ1v) is 9.38. The minimum absolute atomic E-state index is 0.183. The molecule has 0 spiro atoms. The molecule has 146 valence electrons. The summed E-state index contributed by atoms with van der Waals surface area (Å²) in [5.74, 6) is -0.752. The average molecular weight is 380 g/mol. The van der Waals surface area contributed by atoms with Gasteiger partial charge in [-0.15, -0.1) is 0 Å². The molecule has 1 saturated heterocycles. The summed E-state index contributed by atoms with van der Waals surface area (Å²) >= 11 is 0. The standard InChI is InChI=1S/C22H24N2O4/c1-17(28-22(27)20-9-7-19(16-25)8-10-20)21(26)24-13-11-23(12-14-24)15-18-5-3-2-4-6-18/h2-10,16-17H,11-15H2,1H3/t17-/m0/s1. The Morgan fingerprint density at radius 1 is 1.00 bits per heavy atom. The lowest BCUT2D eigenvalue weighted by Crippen LogP contribution is -2.51. The zero-order valence-corrected chi connectivity index (χ0v) is 15.9. The molecular formula is C22H24N2O4. The molecule has 0 saturated carbocycles. The second-order valence-corrected chi connectivity index (χ2v) is 6.87. The third-order valence-corrected chi connectivity index (χ3v) is 4.85. The second-order valence-electron chi connectivity index (χ2n) is 6.87. The smallest absolute Gasteiger partial charge is 0.338 e. The number of carbonyl (C=O) groups is 3. The van der Waals surface area contributed by atoms with Crippen LogP contribution in [0.1, 0.15) is 33.2 Å². The van der Waals surface area contributed by atoms with E-state index in [1.807, 2.05) is 18.2 Å². The summed E-state index contributed by atoms with van der Waals surface area (Å²) in [6.45, 7) is 5.26. The molecule has 0 radical (unpaired) electrons. The van der Waals surface area contributed by atoms with E-state index in [0.29, 0.717) is 30.5 Å². The van der Waals surface area contributed by atoms with Gasteiger partial charge in [-0.25, -0.2) is 4.79 Å². The molecule has 1 fully saturated rings. The van der Waals surface area contributed by atoms with Gasteiger partial charge >= 0.3 is 5.97 Å². The monoisotopic (exact) mass is 380 g/mol. The average Bonchev–Trinajstić information content (AvgIpc) is 2.74. The van der Waals surface area contributed by atoms with Gasteiger partial charge in [0.25, 0.3) is 5.91 Å². The molecule has 2 aromatic rings. The van der Waals surface area contributed by atoms with E-state index in [1.54, 1.807) is 24.0 Å². The Balaban J connectivity index is 1.48. The Hall–Kier alpha value is -2.99. The van der Waals surface area contributed by atoms with Gasteiger partial charge in [0, 0.05) is 38.3 Å². The number of nitrogens with zero attached hydrogens (tertiary/aromatic N) is 2. The fourth-order valence-electron chi connectivity index (χ4n) is 3.20. The summed E-state index contributed by atoms with van der Waals surface area (Å²) in [5, 5.41) is 0. The highest BCUT2D eigenvalue weighted by molar-refractivity contribution is 5.92. The fourth-order valence-corrected chi connectivity index (χ4v) is 3.20. The lowest BCUT2D eigenvalue weighted by Gasteiger charge is -2.35. The highest BCUT2D eigenvalue weighted by Gasteiger charge is 2.27. The van der Waals surface area contributed by atoms with Gasteiger partial charge in [0.1, 0.15) is 6.29 Å². The van der Waals surface area contributed by atoms with Crippen molar-refractivity contribution in [3.05, 3.63) is 71.3 Å². The van der Waals surface area contributed by atoms with Crippen LogP contribution in [0.25, 0.3) is 0 Å². The maximum atomic E-state index is 12.6.